The van der Waals surface area contributed by atoms with Crippen molar-refractivity contribution in [1.82, 2.24) is 9.80 Å². The highest BCUT2D eigenvalue weighted by atomic mass is 16.7. The molecule has 1 aromatic rings. The van der Waals surface area contributed by atoms with Crippen molar-refractivity contribution < 1.29 is 19.3 Å². The molecule has 2 aliphatic heterocycles. The number of nitrogens with zero attached hydrogens (tertiary/aromatic N) is 4. The first-order valence-corrected chi connectivity index (χ1v) is 8.94. The van der Waals surface area contributed by atoms with Gasteiger partial charge < -0.3 is 14.4 Å². The maximum absolute atomic E-state index is 12.4. The summed E-state index contributed by atoms with van der Waals surface area (Å²) in [5.74, 6) is 0.264. The van der Waals surface area contributed by atoms with Crippen LogP contribution >= 0.6 is 0 Å². The molecule has 0 N–H and O–H groups in total. The van der Waals surface area contributed by atoms with Gasteiger partial charge in [0.15, 0.2) is 5.03 Å². The van der Waals surface area contributed by atoms with E-state index in [0.29, 0.717) is 26.2 Å². The molecule has 2 fully saturated rings. The molecule has 1 amide bonds. The van der Waals surface area contributed by atoms with Crippen molar-refractivity contribution in [3.05, 3.63) is 46.0 Å². The predicted octanol–water partition coefficient (Wildman–Crippen LogP) is 2.30. The molecule has 1 unspecified atom stereocenters. The smallest absolute Gasteiger partial charge is 0.417 e. The van der Waals surface area contributed by atoms with Gasteiger partial charge >= 0.3 is 6.09 Å². The molecule has 0 aromatic heterocycles. The Bertz CT molecular complexity index is 722. The van der Waals surface area contributed by atoms with Crippen molar-refractivity contribution in [2.45, 2.75) is 32.5 Å². The number of guanidine groups is 1. The predicted molar refractivity (Wildman–Crippen MR) is 97.5 cm³/mol. The van der Waals surface area contributed by atoms with Crippen molar-refractivity contribution in [2.75, 3.05) is 26.2 Å². The van der Waals surface area contributed by atoms with Crippen LogP contribution < -0.4 is 0 Å². The Labute approximate surface area is 157 Å². The zero-order valence-corrected chi connectivity index (χ0v) is 15.5. The van der Waals surface area contributed by atoms with Gasteiger partial charge in [0.1, 0.15) is 11.7 Å². The number of hydrazone groups is 1. The number of hydrogen-bond acceptors (Lipinski definition) is 5. The lowest BCUT2D eigenvalue weighted by Gasteiger charge is -2.22. The fourth-order valence-electron chi connectivity index (χ4n) is 3.51. The molecule has 146 valence electrons. The molecule has 9 heteroatoms. The molecule has 9 nitrogen and oxygen atoms in total. The highest BCUT2D eigenvalue weighted by molar-refractivity contribution is 5.95. The lowest BCUT2D eigenvalue weighted by Crippen LogP contribution is -2.40. The highest BCUT2D eigenvalue weighted by Gasteiger charge is 2.39. The number of ether oxygens (including phenoxy) is 2. The summed E-state index contributed by atoms with van der Waals surface area (Å²) in [7, 11) is 0. The van der Waals surface area contributed by atoms with Crippen molar-refractivity contribution in [2.24, 2.45) is 11.0 Å². The summed E-state index contributed by atoms with van der Waals surface area (Å²) in [6.07, 6.45) is 0.221. The Morgan fingerprint density at radius 2 is 2.11 bits per heavy atom. The Hall–Kier alpha value is -2.68. The summed E-state index contributed by atoms with van der Waals surface area (Å²) in [6.45, 7) is 6.08. The third kappa shape index (κ3) is 4.94. The molecule has 1 aromatic carbocycles. The van der Waals surface area contributed by atoms with E-state index in [1.165, 1.54) is 4.90 Å². The number of carbonyl (C=O) groups excluding carboxylic acids is 1. The van der Waals surface area contributed by atoms with E-state index in [4.69, 9.17) is 9.47 Å². The van der Waals surface area contributed by atoms with Crippen LogP contribution in [0.3, 0.4) is 0 Å². The van der Waals surface area contributed by atoms with Gasteiger partial charge in [-0.1, -0.05) is 30.3 Å². The van der Waals surface area contributed by atoms with E-state index in [1.807, 2.05) is 44.2 Å². The zero-order chi connectivity index (χ0) is 19.4. The first kappa shape index (κ1) is 19.1. The fourth-order valence-corrected chi connectivity index (χ4v) is 3.51. The quantitative estimate of drug-likeness (QED) is 0.578. The van der Waals surface area contributed by atoms with Crippen molar-refractivity contribution in [1.29, 1.82) is 0 Å². The average molecular weight is 376 g/mol. The Morgan fingerprint density at radius 3 is 2.74 bits per heavy atom. The van der Waals surface area contributed by atoms with Crippen LogP contribution in [0.15, 0.2) is 35.4 Å². The number of benzene rings is 1. The van der Waals surface area contributed by atoms with E-state index < -0.39 is 11.1 Å². The van der Waals surface area contributed by atoms with Gasteiger partial charge in [0, 0.05) is 19.0 Å². The molecule has 27 heavy (non-hydrogen) atoms. The summed E-state index contributed by atoms with van der Waals surface area (Å²) < 4.78 is 11.0. The third-order valence-corrected chi connectivity index (χ3v) is 4.68. The Balaban J connectivity index is 1.64. The van der Waals surface area contributed by atoms with Crippen molar-refractivity contribution in [3.63, 3.8) is 0 Å². The van der Waals surface area contributed by atoms with Gasteiger partial charge in [-0.15, -0.1) is 0 Å². The second-order valence-electron chi connectivity index (χ2n) is 7.42. The fraction of sp³-hybridized carbons (Fsp3) is 0.556. The standard InChI is InChI=1S/C18H24N4O5/c1-18(2)10-15(13-27-18)11-20-8-9-21(16(20)19-22(24)25)17(23)26-12-14-6-4-3-5-7-14/h3-7,15H,8-13H2,1-2H3. The summed E-state index contributed by atoms with van der Waals surface area (Å²) in [5, 5.41) is 13.6. The number of rotatable bonds is 5. The minimum Gasteiger partial charge on any atom is -0.444 e. The Kier molecular flexibility index (Phi) is 5.59. The zero-order valence-electron chi connectivity index (χ0n) is 15.5. The third-order valence-electron chi connectivity index (χ3n) is 4.68. The van der Waals surface area contributed by atoms with Crippen LogP contribution in [-0.4, -0.2) is 58.7 Å². The van der Waals surface area contributed by atoms with Gasteiger partial charge in [-0.3, -0.25) is 0 Å². The van der Waals surface area contributed by atoms with E-state index >= 15 is 0 Å². The number of amides is 1. The van der Waals surface area contributed by atoms with Gasteiger partial charge in [-0.2, -0.15) is 0 Å². The summed E-state index contributed by atoms with van der Waals surface area (Å²) >= 11 is 0. The second kappa shape index (κ2) is 7.91. The number of hydrogen-bond donors (Lipinski definition) is 0. The highest BCUT2D eigenvalue weighted by Crippen LogP contribution is 2.30. The maximum atomic E-state index is 12.4. The van der Waals surface area contributed by atoms with Gasteiger partial charge in [-0.05, 0) is 25.8 Å². The molecule has 0 bridgehead atoms. The molecule has 2 heterocycles. The van der Waals surface area contributed by atoms with Crippen LogP contribution in [-0.2, 0) is 16.1 Å². The lowest BCUT2D eigenvalue weighted by molar-refractivity contribution is -0.486. The van der Waals surface area contributed by atoms with Crippen LogP contribution in [0.1, 0.15) is 25.8 Å². The summed E-state index contributed by atoms with van der Waals surface area (Å²) in [5.41, 5.74) is 0.652. The Morgan fingerprint density at radius 1 is 1.37 bits per heavy atom. The van der Waals surface area contributed by atoms with Crippen LogP contribution in [0.5, 0.6) is 0 Å². The van der Waals surface area contributed by atoms with Crippen molar-refractivity contribution >= 4 is 12.1 Å². The number of nitro groups is 1. The monoisotopic (exact) mass is 376 g/mol. The van der Waals surface area contributed by atoms with Crippen LogP contribution in [0.2, 0.25) is 0 Å². The minimum absolute atomic E-state index is 0.0303. The van der Waals surface area contributed by atoms with Crippen LogP contribution in [0.25, 0.3) is 0 Å². The first-order chi connectivity index (χ1) is 12.8. The lowest BCUT2D eigenvalue weighted by atomic mass is 9.97. The largest absolute Gasteiger partial charge is 0.444 e. The van der Waals surface area contributed by atoms with E-state index in [-0.39, 0.29) is 24.1 Å². The topological polar surface area (TPSA) is 97.5 Å². The van der Waals surface area contributed by atoms with Gasteiger partial charge in [0.25, 0.3) is 5.96 Å². The molecule has 0 aliphatic carbocycles. The molecule has 0 spiro atoms. The molecule has 1 atom stereocenters. The molecule has 2 aliphatic rings. The van der Waals surface area contributed by atoms with Gasteiger partial charge in [-0.25, -0.2) is 19.8 Å². The van der Waals surface area contributed by atoms with E-state index in [9.17, 15) is 14.9 Å². The maximum Gasteiger partial charge on any atom is 0.417 e. The van der Waals surface area contributed by atoms with Gasteiger partial charge in [0.05, 0.1) is 18.8 Å². The molecule has 0 saturated carbocycles. The van der Waals surface area contributed by atoms with E-state index in [0.717, 1.165) is 12.0 Å². The normalized spacial score (nSPS) is 23.0. The molecule has 2 saturated heterocycles. The SMILES string of the molecule is CC1(C)CC(CN2CCN(C(=O)OCc3ccccc3)C2=N[N+](=O)[O-])CO1. The molecular formula is C18H24N4O5. The molecule has 3 rings (SSSR count). The summed E-state index contributed by atoms with van der Waals surface area (Å²) in [6, 6.07) is 9.27. The average Bonchev–Trinajstić information content (AvgIpc) is 3.16. The number of carbonyl (C=O) groups is 1. The molecule has 0 radical (unpaired) electrons. The van der Waals surface area contributed by atoms with E-state index in [1.54, 1.807) is 4.90 Å². The molecular weight excluding hydrogens is 352 g/mol. The van der Waals surface area contributed by atoms with Crippen molar-refractivity contribution in [3.8, 4) is 0 Å². The van der Waals surface area contributed by atoms with Gasteiger partial charge in [0.2, 0.25) is 0 Å². The van der Waals surface area contributed by atoms with Crippen LogP contribution in [0, 0.1) is 16.0 Å². The summed E-state index contributed by atoms with van der Waals surface area (Å²) in [4.78, 5) is 26.4. The first-order valence-electron chi connectivity index (χ1n) is 8.94. The minimum atomic E-state index is -0.778. The van der Waals surface area contributed by atoms with E-state index in [2.05, 4.69) is 5.10 Å². The van der Waals surface area contributed by atoms with Crippen LogP contribution in [0.4, 0.5) is 4.79 Å². The second-order valence-corrected chi connectivity index (χ2v) is 7.42.